The Balaban J connectivity index is 1.83. The summed E-state index contributed by atoms with van der Waals surface area (Å²) in [5, 5.41) is 0.334. The topological polar surface area (TPSA) is 91.4 Å². The molecule has 0 radical (unpaired) electrons. The molecule has 2 atom stereocenters. The number of fused-ring (bicyclic) bond motifs is 1. The van der Waals surface area contributed by atoms with Gasteiger partial charge in [0.05, 0.1) is 29.9 Å². The molecule has 0 aliphatic carbocycles. The van der Waals surface area contributed by atoms with Crippen molar-refractivity contribution in [1.82, 2.24) is 5.06 Å². The quantitative estimate of drug-likeness (QED) is 0.368. The van der Waals surface area contributed by atoms with Gasteiger partial charge in [-0.05, 0) is 38.8 Å². The number of nitrogens with zero attached hydrogens (tertiary/aromatic N) is 1. The number of rotatable bonds is 12. The molecule has 29 heavy (non-hydrogen) atoms. The molecule has 0 saturated heterocycles. The van der Waals surface area contributed by atoms with Gasteiger partial charge in [0, 0.05) is 31.2 Å². The van der Waals surface area contributed by atoms with Gasteiger partial charge in [0.25, 0.3) is 11.8 Å². The summed E-state index contributed by atoms with van der Waals surface area (Å²) >= 11 is 5.12. The van der Waals surface area contributed by atoms with Gasteiger partial charge in [-0.2, -0.15) is 0 Å². The Hall–Kier alpha value is -2.16. The van der Waals surface area contributed by atoms with Crippen molar-refractivity contribution in [3.05, 3.63) is 29.3 Å². The molecule has 8 nitrogen and oxygen atoms in total. The Bertz CT molecular complexity index is 740. The van der Waals surface area contributed by atoms with E-state index in [9.17, 15) is 14.4 Å². The van der Waals surface area contributed by atoms with Gasteiger partial charge in [0.1, 0.15) is 5.75 Å². The average molecular weight is 428 g/mol. The fourth-order valence-corrected chi connectivity index (χ4v) is 2.83. The third-order valence-electron chi connectivity index (χ3n) is 4.32. The molecule has 2 unspecified atom stereocenters. The number of benzene rings is 1. The lowest BCUT2D eigenvalue weighted by atomic mass is 10.1. The zero-order valence-electron chi connectivity index (χ0n) is 16.8. The first-order valence-electron chi connectivity index (χ1n) is 9.60. The van der Waals surface area contributed by atoms with Gasteiger partial charge in [-0.3, -0.25) is 9.59 Å². The van der Waals surface area contributed by atoms with Crippen LogP contribution in [-0.2, 0) is 14.3 Å². The van der Waals surface area contributed by atoms with Gasteiger partial charge < -0.3 is 19.0 Å². The Kier molecular flexibility index (Phi) is 8.88. The first-order chi connectivity index (χ1) is 13.8. The number of hydroxylamine groups is 2. The van der Waals surface area contributed by atoms with E-state index in [0.717, 1.165) is 19.4 Å². The van der Waals surface area contributed by atoms with Crippen molar-refractivity contribution in [2.45, 2.75) is 52.2 Å². The van der Waals surface area contributed by atoms with Crippen LogP contribution in [0.4, 0.5) is 4.79 Å². The summed E-state index contributed by atoms with van der Waals surface area (Å²) in [5.41, 5.74) is -1.14. The Morgan fingerprint density at radius 3 is 2.34 bits per heavy atom. The van der Waals surface area contributed by atoms with Crippen LogP contribution in [0.2, 0.25) is 0 Å². The van der Waals surface area contributed by atoms with E-state index in [-0.39, 0.29) is 35.7 Å². The molecule has 2 amide bonds. The molecule has 1 aliphatic rings. The van der Waals surface area contributed by atoms with Gasteiger partial charge in [-0.1, -0.05) is 18.1 Å². The molecule has 0 N–H and O–H groups in total. The molecule has 160 valence electrons. The zero-order chi connectivity index (χ0) is 21.4. The number of hydrogen-bond acceptors (Lipinski definition) is 7. The van der Waals surface area contributed by atoms with Crippen LogP contribution < -0.4 is 4.74 Å². The predicted octanol–water partition coefficient (Wildman–Crippen LogP) is 3.95. The zero-order valence-corrected chi connectivity index (χ0v) is 17.6. The maximum absolute atomic E-state index is 12.4. The summed E-state index contributed by atoms with van der Waals surface area (Å²) in [5.74, 6) is -1.32. The van der Waals surface area contributed by atoms with Crippen LogP contribution >= 0.6 is 11.6 Å². The number of amides is 2. The van der Waals surface area contributed by atoms with Crippen LogP contribution in [0.5, 0.6) is 5.75 Å². The van der Waals surface area contributed by atoms with Gasteiger partial charge in [0.15, 0.2) is 0 Å². The van der Waals surface area contributed by atoms with Crippen LogP contribution in [0.3, 0.4) is 0 Å². The molecule has 1 aromatic carbocycles. The van der Waals surface area contributed by atoms with Crippen molar-refractivity contribution in [2.75, 3.05) is 19.8 Å². The summed E-state index contributed by atoms with van der Waals surface area (Å²) in [6.45, 7) is 7.64. The molecular formula is C20H26ClNO7. The average Bonchev–Trinajstić information content (AvgIpc) is 2.91. The molecule has 0 saturated carbocycles. The van der Waals surface area contributed by atoms with Crippen LogP contribution in [0.25, 0.3) is 0 Å². The van der Waals surface area contributed by atoms with Crippen molar-refractivity contribution in [2.24, 2.45) is 0 Å². The predicted molar refractivity (Wildman–Crippen MR) is 105 cm³/mol. The van der Waals surface area contributed by atoms with E-state index in [4.69, 9.17) is 25.8 Å². The highest BCUT2D eigenvalue weighted by Gasteiger charge is 2.41. The van der Waals surface area contributed by atoms with Crippen molar-refractivity contribution < 1.29 is 33.4 Å². The molecule has 9 heteroatoms. The monoisotopic (exact) mass is 427 g/mol. The van der Waals surface area contributed by atoms with Crippen molar-refractivity contribution in [1.29, 1.82) is 0 Å². The first kappa shape index (κ1) is 23.1. The molecule has 0 fully saturated rings. The maximum atomic E-state index is 12.4. The Morgan fingerprint density at radius 2 is 1.69 bits per heavy atom. The largest absolute Gasteiger partial charge is 0.493 e. The molecule has 1 aliphatic heterocycles. The fraction of sp³-hybridized carbons (Fsp3) is 0.550. The van der Waals surface area contributed by atoms with Gasteiger partial charge in [0.2, 0.25) is 0 Å². The van der Waals surface area contributed by atoms with E-state index < -0.39 is 17.2 Å². The number of halogens is 1. The van der Waals surface area contributed by atoms with E-state index in [1.54, 1.807) is 12.1 Å². The highest BCUT2D eigenvalue weighted by Crippen LogP contribution is 2.31. The lowest BCUT2D eigenvalue weighted by molar-refractivity contribution is -0.0356. The molecule has 1 heterocycles. The summed E-state index contributed by atoms with van der Waals surface area (Å²) in [7, 11) is 0. The lowest BCUT2D eigenvalue weighted by Crippen LogP contribution is -2.30. The highest BCUT2D eigenvalue weighted by atomic mass is 35.5. The fourth-order valence-electron chi connectivity index (χ4n) is 2.76. The molecular weight excluding hydrogens is 402 g/mol. The third-order valence-corrected chi connectivity index (χ3v) is 4.39. The number of hydrogen-bond donors (Lipinski definition) is 0. The van der Waals surface area contributed by atoms with Gasteiger partial charge in [-0.15, -0.1) is 0 Å². The summed E-state index contributed by atoms with van der Waals surface area (Å²) in [4.78, 5) is 40.0. The van der Waals surface area contributed by atoms with E-state index in [1.807, 2.05) is 13.8 Å². The minimum Gasteiger partial charge on any atom is -0.493 e. The smallest absolute Gasteiger partial charge is 0.428 e. The van der Waals surface area contributed by atoms with Crippen molar-refractivity contribution in [3.8, 4) is 5.75 Å². The Labute approximate surface area is 174 Å². The summed E-state index contributed by atoms with van der Waals surface area (Å²) in [6, 6.07) is 4.62. The number of carbonyl (C=O) groups excluding carboxylic acids is 3. The molecule has 0 spiro atoms. The van der Waals surface area contributed by atoms with E-state index in [1.165, 1.54) is 6.07 Å². The minimum atomic E-state index is -1.28. The van der Waals surface area contributed by atoms with E-state index in [0.29, 0.717) is 18.1 Å². The summed E-state index contributed by atoms with van der Waals surface area (Å²) in [6.07, 6.45) is 2.50. The second-order valence-electron chi connectivity index (χ2n) is 6.70. The third kappa shape index (κ3) is 6.42. The minimum absolute atomic E-state index is 0.0452. The van der Waals surface area contributed by atoms with Crippen LogP contribution in [-0.4, -0.2) is 54.3 Å². The van der Waals surface area contributed by atoms with Crippen molar-refractivity contribution >= 4 is 28.8 Å². The SMILES string of the molecule is CCCOC(C)CCOC(C)CCOc1cccc2c1C(=O)N(OC(=O)Cl)C2=O. The number of ether oxygens (including phenoxy) is 3. The van der Waals surface area contributed by atoms with Gasteiger partial charge >= 0.3 is 5.43 Å². The standard InChI is InChI=1S/C20H26ClNO7/c1-4-10-26-13(2)8-11-27-14(3)9-12-28-16-7-5-6-15-17(16)19(24)22(18(15)23)29-20(21)25/h5-7,13-14H,4,8-12H2,1-3H3. The number of carbonyl (C=O) groups is 3. The highest BCUT2D eigenvalue weighted by molar-refractivity contribution is 6.61. The molecule has 0 aromatic heterocycles. The van der Waals surface area contributed by atoms with E-state index in [2.05, 4.69) is 11.8 Å². The van der Waals surface area contributed by atoms with E-state index >= 15 is 0 Å². The van der Waals surface area contributed by atoms with Crippen molar-refractivity contribution in [3.63, 3.8) is 0 Å². The van der Waals surface area contributed by atoms with Gasteiger partial charge in [-0.25, -0.2) is 4.79 Å². The van der Waals surface area contributed by atoms with Crippen LogP contribution in [0, 0.1) is 0 Å². The number of imide groups is 1. The Morgan fingerprint density at radius 1 is 1.03 bits per heavy atom. The van der Waals surface area contributed by atoms with Crippen LogP contribution in [0.1, 0.15) is 60.7 Å². The normalized spacial score (nSPS) is 15.2. The second kappa shape index (κ2) is 11.1. The molecule has 2 rings (SSSR count). The summed E-state index contributed by atoms with van der Waals surface area (Å²) < 4.78 is 17.1. The second-order valence-corrected chi connectivity index (χ2v) is 7.01. The lowest BCUT2D eigenvalue weighted by Gasteiger charge is -2.17. The first-order valence-corrected chi connectivity index (χ1v) is 9.98. The molecule has 1 aromatic rings. The van der Waals surface area contributed by atoms with Crippen LogP contribution in [0.15, 0.2) is 18.2 Å². The molecule has 0 bridgehead atoms. The maximum Gasteiger partial charge on any atom is 0.428 e.